The van der Waals surface area contributed by atoms with E-state index in [9.17, 15) is 9.59 Å². The molecule has 1 aromatic heterocycles. The first kappa shape index (κ1) is 17.6. The van der Waals surface area contributed by atoms with E-state index >= 15 is 0 Å². The van der Waals surface area contributed by atoms with Crippen molar-refractivity contribution >= 4 is 23.5 Å². The molecule has 0 spiro atoms. The molecule has 6 heteroatoms. The highest BCUT2D eigenvalue weighted by atomic mass is 35.5. The van der Waals surface area contributed by atoms with Crippen LogP contribution in [0.15, 0.2) is 12.3 Å². The van der Waals surface area contributed by atoms with Gasteiger partial charge in [-0.25, -0.2) is 0 Å². The van der Waals surface area contributed by atoms with Crippen molar-refractivity contribution in [2.45, 2.75) is 40.2 Å². The standard InChI is InChI=1S/C15H23ClN2O3/c1-4-18-9-12(16)7-13(18)15(21)17-8-11(5-10(2)3)6-14(19)20/h7,9-11H,4-6,8H2,1-3H3,(H,17,21)(H,19,20). The van der Waals surface area contributed by atoms with Crippen molar-refractivity contribution in [3.63, 3.8) is 0 Å². The summed E-state index contributed by atoms with van der Waals surface area (Å²) < 4.78 is 1.77. The lowest BCUT2D eigenvalue weighted by atomic mass is 9.94. The summed E-state index contributed by atoms with van der Waals surface area (Å²) in [5, 5.41) is 12.3. The summed E-state index contributed by atoms with van der Waals surface area (Å²) in [6, 6.07) is 1.62. The first-order chi connectivity index (χ1) is 9.83. The maximum absolute atomic E-state index is 12.2. The average Bonchev–Trinajstić information content (AvgIpc) is 2.75. The predicted octanol–water partition coefficient (Wildman–Crippen LogP) is 3.03. The summed E-state index contributed by atoms with van der Waals surface area (Å²) in [6.07, 6.45) is 2.54. The number of carbonyl (C=O) groups is 2. The van der Waals surface area contributed by atoms with Crippen molar-refractivity contribution in [1.29, 1.82) is 0 Å². The zero-order valence-electron chi connectivity index (χ0n) is 12.7. The smallest absolute Gasteiger partial charge is 0.303 e. The minimum atomic E-state index is -0.838. The fourth-order valence-electron chi connectivity index (χ4n) is 2.41. The number of halogens is 1. The van der Waals surface area contributed by atoms with Gasteiger partial charge in [0.05, 0.1) is 5.02 Å². The second kappa shape index (κ2) is 8.08. The highest BCUT2D eigenvalue weighted by Crippen LogP contribution is 2.16. The average molecular weight is 315 g/mol. The van der Waals surface area contributed by atoms with Crippen molar-refractivity contribution in [2.24, 2.45) is 11.8 Å². The van der Waals surface area contributed by atoms with Crippen LogP contribution in [0.3, 0.4) is 0 Å². The van der Waals surface area contributed by atoms with Gasteiger partial charge in [-0.15, -0.1) is 0 Å². The fourth-order valence-corrected chi connectivity index (χ4v) is 2.63. The number of carboxylic acids is 1. The number of rotatable bonds is 8. The van der Waals surface area contributed by atoms with E-state index < -0.39 is 5.97 Å². The number of nitrogens with zero attached hydrogens (tertiary/aromatic N) is 1. The Labute approximate surface area is 130 Å². The van der Waals surface area contributed by atoms with Crippen LogP contribution < -0.4 is 5.32 Å². The molecule has 21 heavy (non-hydrogen) atoms. The van der Waals surface area contributed by atoms with Gasteiger partial charge in [-0.2, -0.15) is 0 Å². The van der Waals surface area contributed by atoms with Crippen LogP contribution in [0.1, 0.15) is 44.1 Å². The van der Waals surface area contributed by atoms with Crippen molar-refractivity contribution in [3.8, 4) is 0 Å². The number of aromatic nitrogens is 1. The molecule has 0 bridgehead atoms. The molecule has 1 unspecified atom stereocenters. The third-order valence-electron chi connectivity index (χ3n) is 3.26. The monoisotopic (exact) mass is 314 g/mol. The van der Waals surface area contributed by atoms with E-state index in [0.29, 0.717) is 29.7 Å². The summed E-state index contributed by atoms with van der Waals surface area (Å²) in [5.41, 5.74) is 0.501. The minimum absolute atomic E-state index is 0.0630. The Morgan fingerprint density at radius 2 is 2.10 bits per heavy atom. The Hall–Kier alpha value is -1.49. The van der Waals surface area contributed by atoms with Gasteiger partial charge in [0.25, 0.3) is 5.91 Å². The number of aryl methyl sites for hydroxylation is 1. The number of amides is 1. The van der Waals surface area contributed by atoms with Crippen LogP contribution in [0.2, 0.25) is 5.02 Å². The number of carbonyl (C=O) groups excluding carboxylic acids is 1. The quantitative estimate of drug-likeness (QED) is 0.774. The molecule has 0 aromatic carbocycles. The topological polar surface area (TPSA) is 71.3 Å². The van der Waals surface area contributed by atoms with Gasteiger partial charge in [0.2, 0.25) is 0 Å². The van der Waals surface area contributed by atoms with Gasteiger partial charge < -0.3 is 15.0 Å². The third-order valence-corrected chi connectivity index (χ3v) is 3.46. The van der Waals surface area contributed by atoms with E-state index in [-0.39, 0.29) is 18.2 Å². The molecule has 0 saturated carbocycles. The van der Waals surface area contributed by atoms with E-state index in [1.807, 2.05) is 20.8 Å². The number of carboxylic acid groups (broad SMARTS) is 1. The Bertz CT molecular complexity index is 497. The van der Waals surface area contributed by atoms with Gasteiger partial charge in [-0.3, -0.25) is 9.59 Å². The van der Waals surface area contributed by atoms with E-state index in [1.54, 1.807) is 16.8 Å². The summed E-state index contributed by atoms with van der Waals surface area (Å²) in [4.78, 5) is 23.1. The Kier molecular flexibility index (Phi) is 6.75. The molecule has 1 amide bonds. The Morgan fingerprint density at radius 3 is 2.62 bits per heavy atom. The fraction of sp³-hybridized carbons (Fsp3) is 0.600. The summed E-state index contributed by atoms with van der Waals surface area (Å²) in [5.74, 6) is -0.732. The lowest BCUT2D eigenvalue weighted by molar-refractivity contribution is -0.138. The van der Waals surface area contributed by atoms with E-state index in [2.05, 4.69) is 5.32 Å². The van der Waals surface area contributed by atoms with Gasteiger partial charge in [0.15, 0.2) is 0 Å². The molecule has 0 aliphatic rings. The molecule has 0 aliphatic heterocycles. The Morgan fingerprint density at radius 1 is 1.43 bits per heavy atom. The molecule has 118 valence electrons. The van der Waals surface area contributed by atoms with Crippen LogP contribution in [0.5, 0.6) is 0 Å². The second-order valence-electron chi connectivity index (χ2n) is 5.63. The molecular formula is C15H23ClN2O3. The molecule has 5 nitrogen and oxygen atoms in total. The molecule has 1 aromatic rings. The lowest BCUT2D eigenvalue weighted by Crippen LogP contribution is -2.32. The highest BCUT2D eigenvalue weighted by Gasteiger charge is 2.18. The number of hydrogen-bond acceptors (Lipinski definition) is 2. The Balaban J connectivity index is 2.65. The van der Waals surface area contributed by atoms with E-state index in [4.69, 9.17) is 16.7 Å². The van der Waals surface area contributed by atoms with Gasteiger partial charge in [-0.1, -0.05) is 25.4 Å². The summed E-state index contributed by atoms with van der Waals surface area (Å²) in [6.45, 7) is 7.02. The maximum atomic E-state index is 12.2. The minimum Gasteiger partial charge on any atom is -0.481 e. The predicted molar refractivity (Wildman–Crippen MR) is 82.6 cm³/mol. The highest BCUT2D eigenvalue weighted by molar-refractivity contribution is 6.31. The van der Waals surface area contributed by atoms with E-state index in [1.165, 1.54) is 0 Å². The molecule has 1 rings (SSSR count). The first-order valence-corrected chi connectivity index (χ1v) is 7.56. The van der Waals surface area contributed by atoms with E-state index in [0.717, 1.165) is 6.42 Å². The van der Waals surface area contributed by atoms with Crippen LogP contribution in [-0.4, -0.2) is 28.1 Å². The summed E-state index contributed by atoms with van der Waals surface area (Å²) >= 11 is 5.91. The van der Waals surface area contributed by atoms with Crippen molar-refractivity contribution in [2.75, 3.05) is 6.54 Å². The molecular weight excluding hydrogens is 292 g/mol. The normalized spacial score (nSPS) is 12.4. The zero-order valence-corrected chi connectivity index (χ0v) is 13.5. The maximum Gasteiger partial charge on any atom is 0.303 e. The zero-order chi connectivity index (χ0) is 16.0. The van der Waals surface area contributed by atoms with Crippen LogP contribution >= 0.6 is 11.6 Å². The first-order valence-electron chi connectivity index (χ1n) is 7.19. The van der Waals surface area contributed by atoms with Crippen LogP contribution in [0, 0.1) is 11.8 Å². The lowest BCUT2D eigenvalue weighted by Gasteiger charge is -2.18. The molecule has 1 heterocycles. The largest absolute Gasteiger partial charge is 0.481 e. The van der Waals surface area contributed by atoms with Gasteiger partial charge in [0, 0.05) is 25.7 Å². The summed E-state index contributed by atoms with van der Waals surface area (Å²) in [7, 11) is 0. The molecule has 0 saturated heterocycles. The SMILES string of the molecule is CCn1cc(Cl)cc1C(=O)NCC(CC(=O)O)CC(C)C. The van der Waals surface area contributed by atoms with Crippen molar-refractivity contribution in [3.05, 3.63) is 23.0 Å². The molecule has 0 fully saturated rings. The number of hydrogen-bond donors (Lipinski definition) is 2. The molecule has 0 radical (unpaired) electrons. The third kappa shape index (κ3) is 5.79. The van der Waals surface area contributed by atoms with Crippen molar-refractivity contribution in [1.82, 2.24) is 9.88 Å². The van der Waals surface area contributed by atoms with Gasteiger partial charge in [0.1, 0.15) is 5.69 Å². The molecule has 0 aliphatic carbocycles. The van der Waals surface area contributed by atoms with Gasteiger partial charge in [-0.05, 0) is 31.2 Å². The van der Waals surface area contributed by atoms with Crippen molar-refractivity contribution < 1.29 is 14.7 Å². The number of aliphatic carboxylic acids is 1. The van der Waals surface area contributed by atoms with Gasteiger partial charge >= 0.3 is 5.97 Å². The number of nitrogens with one attached hydrogen (secondary N) is 1. The molecule has 1 atom stereocenters. The van der Waals surface area contributed by atoms with Crippen LogP contribution in [0.4, 0.5) is 0 Å². The van der Waals surface area contributed by atoms with Crippen LogP contribution in [-0.2, 0) is 11.3 Å². The molecule has 2 N–H and O–H groups in total. The van der Waals surface area contributed by atoms with Crippen LogP contribution in [0.25, 0.3) is 0 Å². The second-order valence-corrected chi connectivity index (χ2v) is 6.07.